The summed E-state index contributed by atoms with van der Waals surface area (Å²) in [7, 11) is -4.24. The maximum Gasteiger partial charge on any atom is 0.261 e. The van der Waals surface area contributed by atoms with Crippen LogP contribution in [0.1, 0.15) is 61.2 Å². The Balaban J connectivity index is 1.21. The Bertz CT molecular complexity index is 1790. The molecule has 6 rings (SSSR count). The minimum atomic E-state index is -4.24. The Kier molecular flexibility index (Phi) is 12.6. The molecule has 0 bridgehead atoms. The van der Waals surface area contributed by atoms with Gasteiger partial charge in [0.1, 0.15) is 6.09 Å². The van der Waals surface area contributed by atoms with Crippen molar-refractivity contribution in [2.75, 3.05) is 39.6 Å². The van der Waals surface area contributed by atoms with Crippen LogP contribution < -0.4 is 19.9 Å². The van der Waals surface area contributed by atoms with Gasteiger partial charge in [-0.05, 0) is 60.2 Å². The number of benzene rings is 2. The maximum absolute atomic E-state index is 14.5. The largest absolute Gasteiger partial charge is 0.530 e. The zero-order chi connectivity index (χ0) is 37.6. The number of rotatable bonds is 18. The molecule has 2 N–H and O–H groups in total. The third kappa shape index (κ3) is 9.51. The van der Waals surface area contributed by atoms with Crippen LogP contribution in [0, 0.1) is 11.3 Å². The quantitative estimate of drug-likeness (QED) is 0.182. The molecule has 3 aliphatic rings. The van der Waals surface area contributed by atoms with Gasteiger partial charge in [0.2, 0.25) is 16.8 Å². The maximum atomic E-state index is 14.5. The van der Waals surface area contributed by atoms with E-state index < -0.39 is 46.0 Å². The van der Waals surface area contributed by atoms with E-state index >= 15 is 0 Å². The molecule has 0 saturated carbocycles. The van der Waals surface area contributed by atoms with E-state index in [0.717, 1.165) is 29.7 Å². The molecule has 53 heavy (non-hydrogen) atoms. The summed E-state index contributed by atoms with van der Waals surface area (Å²) in [6, 6.07) is 15.5. The molecule has 0 radical (unpaired) electrons. The first-order chi connectivity index (χ1) is 25.4. The number of aliphatic hydroxyl groups is 1. The van der Waals surface area contributed by atoms with Crippen LogP contribution in [0.25, 0.3) is 0 Å². The van der Waals surface area contributed by atoms with Crippen LogP contribution in [-0.4, -0.2) is 98.8 Å². The number of thiophene rings is 1. The van der Waals surface area contributed by atoms with E-state index in [9.17, 15) is 28.2 Å². The van der Waals surface area contributed by atoms with Crippen LogP contribution in [0.2, 0.25) is 0 Å². The first-order valence-corrected chi connectivity index (χ1v) is 20.4. The van der Waals surface area contributed by atoms with Gasteiger partial charge in [0.05, 0.1) is 41.2 Å². The molecule has 4 heterocycles. The summed E-state index contributed by atoms with van der Waals surface area (Å²) in [6.07, 6.45) is 0.285. The molecule has 1 aromatic heterocycles. The third-order valence-corrected chi connectivity index (χ3v) is 12.9. The Labute approximate surface area is 314 Å². The van der Waals surface area contributed by atoms with E-state index in [4.69, 9.17) is 18.9 Å². The molecular formula is C38H48N3O10S2-. The second kappa shape index (κ2) is 17.2. The fourth-order valence-electron chi connectivity index (χ4n) is 7.44. The predicted molar refractivity (Wildman–Crippen MR) is 195 cm³/mol. The normalized spacial score (nSPS) is 20.6. The molecule has 2 aromatic carbocycles. The van der Waals surface area contributed by atoms with Crippen molar-refractivity contribution in [1.29, 1.82) is 0 Å². The Morgan fingerprint density at radius 1 is 1.04 bits per heavy atom. The number of ether oxygens (including phenoxy) is 4. The van der Waals surface area contributed by atoms with Crippen LogP contribution in [0.5, 0.6) is 11.5 Å². The minimum Gasteiger partial charge on any atom is -0.530 e. The van der Waals surface area contributed by atoms with Gasteiger partial charge in [-0.1, -0.05) is 63.1 Å². The predicted octanol–water partition coefficient (Wildman–Crippen LogP) is 3.86. The molecule has 5 atom stereocenters. The number of hydrogen-bond acceptors (Lipinski definition) is 11. The molecule has 0 aliphatic carbocycles. The van der Waals surface area contributed by atoms with Gasteiger partial charge in [-0.25, -0.2) is 8.42 Å². The second-order valence-corrected chi connectivity index (χ2v) is 17.5. The fraction of sp³-hybridized carbons (Fsp3) is 0.526. The summed E-state index contributed by atoms with van der Waals surface area (Å²) in [5.41, 5.74) is 0.234. The van der Waals surface area contributed by atoms with Crippen LogP contribution in [0.4, 0.5) is 4.79 Å². The summed E-state index contributed by atoms with van der Waals surface area (Å²) in [5, 5.41) is 29.9. The van der Waals surface area contributed by atoms with Crippen molar-refractivity contribution in [3.8, 4) is 11.5 Å². The molecule has 288 valence electrons. The van der Waals surface area contributed by atoms with E-state index in [-0.39, 0.29) is 49.6 Å². The van der Waals surface area contributed by atoms with Gasteiger partial charge in [-0.2, -0.15) is 4.31 Å². The van der Waals surface area contributed by atoms with Gasteiger partial charge in [-0.3, -0.25) is 4.79 Å². The van der Waals surface area contributed by atoms with Gasteiger partial charge < -0.3 is 44.2 Å². The molecule has 0 spiro atoms. The zero-order valence-corrected chi connectivity index (χ0v) is 31.7. The highest BCUT2D eigenvalue weighted by Gasteiger charge is 2.47. The summed E-state index contributed by atoms with van der Waals surface area (Å²) < 4.78 is 52.7. The summed E-state index contributed by atoms with van der Waals surface area (Å²) in [4.78, 5) is 27.0. The van der Waals surface area contributed by atoms with Crippen LogP contribution in [0.15, 0.2) is 70.9 Å². The Hall–Kier alpha value is -3.73. The molecule has 2 amide bonds. The van der Waals surface area contributed by atoms with Gasteiger partial charge in [-0.15, -0.1) is 11.3 Å². The number of nitrogens with one attached hydrogen (secondary N) is 1. The van der Waals surface area contributed by atoms with Gasteiger partial charge in [0, 0.05) is 31.6 Å². The van der Waals surface area contributed by atoms with Crippen molar-refractivity contribution >= 4 is 33.4 Å². The average Bonchev–Trinajstić information content (AvgIpc) is 3.96. The number of nitrogens with zero attached hydrogens (tertiary/aromatic N) is 2. The Morgan fingerprint density at radius 2 is 1.83 bits per heavy atom. The van der Waals surface area contributed by atoms with Crippen LogP contribution in [0.3, 0.4) is 0 Å². The van der Waals surface area contributed by atoms with E-state index in [1.54, 1.807) is 12.1 Å². The molecule has 3 aromatic rings. The monoisotopic (exact) mass is 770 g/mol. The lowest BCUT2D eigenvalue weighted by atomic mass is 9.86. The molecule has 2 saturated heterocycles. The number of carbonyl (C=O) groups excluding carboxylic acids is 2. The standard InChI is InChI=1S/C38H49N3O10S2/c1-38(2,16-7-4-8-17-39-35(43)34-12-9-19-52-34)24-40(53(46,47)27-13-14-32-33(21-27)51-25-50-32)22-31(42)29(20-26-10-5-3-6-11-26)41(37(44)45)30-23-49-36-28(30)15-18-48-36/h3,5-6,9-14,19,21,28-31,36,42H,4,7-8,15-18,20,22-25H2,1-2H3,(H,39,43)(H,44,45)/p-1/t28-,29-,30-,31+,36+/m0/s1. The highest BCUT2D eigenvalue weighted by molar-refractivity contribution is 7.89. The topological polar surface area (TPSA) is 167 Å². The minimum absolute atomic E-state index is 0.0238. The number of fused-ring (bicyclic) bond motifs is 2. The summed E-state index contributed by atoms with van der Waals surface area (Å²) in [6.45, 7) is 4.63. The SMILES string of the molecule is CC(C)(CCCCCNC(=O)c1cccs1)CN(C[C@@H](O)[C@H](Cc1ccccc1)N(C(=O)[O-])[C@H]1CO[C@H]2OCC[C@H]21)S(=O)(=O)c1ccc2c(c1)OCO2. The van der Waals surface area contributed by atoms with Crippen molar-refractivity contribution in [2.45, 2.75) is 81.7 Å². The number of unbranched alkanes of at least 4 members (excludes halogenated alkanes) is 2. The molecule has 2 fully saturated rings. The second-order valence-electron chi connectivity index (χ2n) is 14.6. The van der Waals surface area contributed by atoms with E-state index in [0.29, 0.717) is 42.4 Å². The van der Waals surface area contributed by atoms with Crippen molar-refractivity contribution in [3.63, 3.8) is 0 Å². The lowest BCUT2D eigenvalue weighted by Crippen LogP contribution is -2.61. The zero-order valence-electron chi connectivity index (χ0n) is 30.1. The molecular weight excluding hydrogens is 723 g/mol. The summed E-state index contributed by atoms with van der Waals surface area (Å²) >= 11 is 1.39. The van der Waals surface area contributed by atoms with Crippen molar-refractivity contribution < 1.29 is 47.2 Å². The lowest BCUT2D eigenvalue weighted by Gasteiger charge is -2.43. The third-order valence-electron chi connectivity index (χ3n) is 10.2. The number of carboxylic acid groups (broad SMARTS) is 1. The molecule has 15 heteroatoms. The number of carbonyl (C=O) groups is 2. The number of amides is 2. The number of hydrogen-bond donors (Lipinski definition) is 2. The fourth-order valence-corrected chi connectivity index (χ4v) is 9.75. The van der Waals surface area contributed by atoms with Gasteiger partial charge >= 0.3 is 0 Å². The highest BCUT2D eigenvalue weighted by Crippen LogP contribution is 2.38. The van der Waals surface area contributed by atoms with Crippen LogP contribution in [-0.2, 0) is 25.9 Å². The molecule has 0 unspecified atom stereocenters. The van der Waals surface area contributed by atoms with Crippen molar-refractivity contribution in [1.82, 2.24) is 14.5 Å². The molecule has 13 nitrogen and oxygen atoms in total. The van der Waals surface area contributed by atoms with Crippen molar-refractivity contribution in [3.05, 3.63) is 76.5 Å². The van der Waals surface area contributed by atoms with Crippen molar-refractivity contribution in [2.24, 2.45) is 11.3 Å². The lowest BCUT2D eigenvalue weighted by molar-refractivity contribution is -0.273. The smallest absolute Gasteiger partial charge is 0.261 e. The van der Waals surface area contributed by atoms with E-state index in [2.05, 4.69) is 5.32 Å². The first-order valence-electron chi connectivity index (χ1n) is 18.1. The van der Waals surface area contributed by atoms with Crippen LogP contribution >= 0.6 is 11.3 Å². The Morgan fingerprint density at radius 3 is 2.58 bits per heavy atom. The van der Waals surface area contributed by atoms with E-state index in [1.807, 2.05) is 55.6 Å². The first kappa shape index (κ1) is 39.0. The van der Waals surface area contributed by atoms with Gasteiger partial charge in [0.15, 0.2) is 17.8 Å². The number of sulfonamides is 1. The highest BCUT2D eigenvalue weighted by atomic mass is 32.2. The molecule has 3 aliphatic heterocycles. The van der Waals surface area contributed by atoms with Gasteiger partial charge in [0.25, 0.3) is 5.91 Å². The van der Waals surface area contributed by atoms with E-state index in [1.165, 1.54) is 27.8 Å². The summed E-state index contributed by atoms with van der Waals surface area (Å²) in [5.74, 6) is 0.400. The average molecular weight is 771 g/mol. The number of aliphatic hydroxyl groups excluding tert-OH is 1.